The normalized spacial score (nSPS) is 16.8. The van der Waals surface area contributed by atoms with E-state index in [0.717, 1.165) is 30.4 Å². The maximum absolute atomic E-state index is 13.2. The summed E-state index contributed by atoms with van der Waals surface area (Å²) in [6, 6.07) is 7.87. The van der Waals surface area contributed by atoms with Gasteiger partial charge in [-0.05, 0) is 59.2 Å². The van der Waals surface area contributed by atoms with Gasteiger partial charge >= 0.3 is 6.09 Å². The summed E-state index contributed by atoms with van der Waals surface area (Å²) in [5.41, 5.74) is 1.48. The van der Waals surface area contributed by atoms with Gasteiger partial charge in [0.25, 0.3) is 0 Å². The lowest BCUT2D eigenvalue weighted by atomic mass is 10.0. The first-order valence-corrected chi connectivity index (χ1v) is 11.0. The standard InChI is InChI=1S/C22H31N5O3S/c1-15-8-10-16(11-9-15)19-24-25-20(31)27(19)14-18(28)26-12-6-5-7-17(26)13-23-21(29)30-22(2,3)4/h8-11,17H,5-7,12-14H2,1-4H3,(H,23,29)(H,25,31). The summed E-state index contributed by atoms with van der Waals surface area (Å²) in [7, 11) is 0. The van der Waals surface area contributed by atoms with Gasteiger partial charge in [-0.15, -0.1) is 0 Å². The Labute approximate surface area is 188 Å². The van der Waals surface area contributed by atoms with Crippen molar-refractivity contribution in [1.82, 2.24) is 25.0 Å². The van der Waals surface area contributed by atoms with Crippen LogP contribution >= 0.6 is 12.2 Å². The van der Waals surface area contributed by atoms with Crippen LogP contribution in [0.15, 0.2) is 24.3 Å². The minimum Gasteiger partial charge on any atom is -0.444 e. The molecule has 2 N–H and O–H groups in total. The van der Waals surface area contributed by atoms with Gasteiger partial charge in [-0.3, -0.25) is 14.5 Å². The van der Waals surface area contributed by atoms with Crippen LogP contribution in [-0.2, 0) is 16.1 Å². The Kier molecular flexibility index (Phi) is 7.15. The van der Waals surface area contributed by atoms with Gasteiger partial charge in [-0.25, -0.2) is 4.79 Å². The van der Waals surface area contributed by atoms with Crippen molar-refractivity contribution in [3.8, 4) is 11.4 Å². The number of alkyl carbamates (subject to hydrolysis) is 1. The van der Waals surface area contributed by atoms with Gasteiger partial charge in [0.1, 0.15) is 12.1 Å². The number of likely N-dealkylation sites (tertiary alicyclic amines) is 1. The van der Waals surface area contributed by atoms with Crippen molar-refractivity contribution in [1.29, 1.82) is 0 Å². The number of piperidine rings is 1. The summed E-state index contributed by atoms with van der Waals surface area (Å²) in [6.07, 6.45) is 2.33. The van der Waals surface area contributed by atoms with Gasteiger partial charge in [-0.2, -0.15) is 5.10 Å². The number of ether oxygens (including phenoxy) is 1. The first kappa shape index (κ1) is 23.0. The predicted molar refractivity (Wildman–Crippen MR) is 121 cm³/mol. The molecule has 1 aliphatic heterocycles. The molecule has 2 amide bonds. The molecule has 0 saturated carbocycles. The molecular weight excluding hydrogens is 414 g/mol. The first-order valence-electron chi connectivity index (χ1n) is 10.6. The van der Waals surface area contributed by atoms with E-state index in [9.17, 15) is 9.59 Å². The van der Waals surface area contributed by atoms with E-state index in [4.69, 9.17) is 17.0 Å². The summed E-state index contributed by atoms with van der Waals surface area (Å²) in [5.74, 6) is 0.598. The average Bonchev–Trinajstić information content (AvgIpc) is 3.06. The highest BCUT2D eigenvalue weighted by molar-refractivity contribution is 7.71. The topological polar surface area (TPSA) is 92.3 Å². The molecule has 8 nitrogen and oxygen atoms in total. The highest BCUT2D eigenvalue weighted by Gasteiger charge is 2.28. The summed E-state index contributed by atoms with van der Waals surface area (Å²) in [5, 5.41) is 9.94. The van der Waals surface area contributed by atoms with Crippen LogP contribution < -0.4 is 5.32 Å². The van der Waals surface area contributed by atoms with E-state index in [1.165, 1.54) is 0 Å². The van der Waals surface area contributed by atoms with E-state index in [2.05, 4.69) is 15.5 Å². The molecule has 1 atom stereocenters. The largest absolute Gasteiger partial charge is 0.444 e. The fourth-order valence-electron chi connectivity index (χ4n) is 3.67. The fourth-order valence-corrected chi connectivity index (χ4v) is 3.87. The van der Waals surface area contributed by atoms with Gasteiger partial charge in [0, 0.05) is 24.7 Å². The zero-order valence-electron chi connectivity index (χ0n) is 18.6. The second kappa shape index (κ2) is 9.64. The highest BCUT2D eigenvalue weighted by Crippen LogP contribution is 2.21. The average molecular weight is 446 g/mol. The van der Waals surface area contributed by atoms with Gasteiger partial charge in [0.05, 0.1) is 0 Å². The van der Waals surface area contributed by atoms with Crippen molar-refractivity contribution in [3.05, 3.63) is 34.6 Å². The Balaban J connectivity index is 1.70. The Hall–Kier alpha value is -2.68. The molecule has 1 saturated heterocycles. The van der Waals surface area contributed by atoms with Crippen LogP contribution in [0, 0.1) is 11.7 Å². The number of benzene rings is 1. The van der Waals surface area contributed by atoms with Gasteiger partial charge in [0.15, 0.2) is 10.6 Å². The molecule has 1 unspecified atom stereocenters. The summed E-state index contributed by atoms with van der Waals surface area (Å²) < 4.78 is 7.45. The van der Waals surface area contributed by atoms with E-state index in [0.29, 0.717) is 23.7 Å². The molecule has 0 radical (unpaired) electrons. The quantitative estimate of drug-likeness (QED) is 0.683. The first-order chi connectivity index (χ1) is 14.6. The van der Waals surface area contributed by atoms with Crippen LogP contribution in [0.25, 0.3) is 11.4 Å². The lowest BCUT2D eigenvalue weighted by molar-refractivity contribution is -0.135. The number of hydrogen-bond donors (Lipinski definition) is 2. The summed E-state index contributed by atoms with van der Waals surface area (Å²) >= 11 is 5.38. The third kappa shape index (κ3) is 6.16. The Morgan fingerprint density at radius 1 is 1.26 bits per heavy atom. The van der Waals surface area contributed by atoms with Crippen molar-refractivity contribution >= 4 is 24.2 Å². The number of H-pyrrole nitrogens is 1. The molecule has 1 aromatic carbocycles. The van der Waals surface area contributed by atoms with Gasteiger partial charge in [-0.1, -0.05) is 29.8 Å². The predicted octanol–water partition coefficient (Wildman–Crippen LogP) is 3.82. The number of carbonyl (C=O) groups excluding carboxylic acids is 2. The van der Waals surface area contributed by atoms with Crippen LogP contribution in [0.4, 0.5) is 4.79 Å². The molecular formula is C22H31N5O3S. The Bertz CT molecular complexity index is 974. The molecule has 0 aliphatic carbocycles. The van der Waals surface area contributed by atoms with Gasteiger partial charge in [0.2, 0.25) is 5.91 Å². The number of aromatic nitrogens is 3. The molecule has 2 heterocycles. The molecule has 1 aromatic heterocycles. The van der Waals surface area contributed by atoms with E-state index >= 15 is 0 Å². The lowest BCUT2D eigenvalue weighted by Crippen LogP contribution is -2.50. The second-order valence-electron chi connectivity index (χ2n) is 8.92. The number of carbonyl (C=O) groups is 2. The second-order valence-corrected chi connectivity index (χ2v) is 9.31. The minimum atomic E-state index is -0.559. The van der Waals surface area contributed by atoms with E-state index < -0.39 is 11.7 Å². The van der Waals surface area contributed by atoms with Crippen LogP contribution in [-0.4, -0.2) is 56.4 Å². The smallest absolute Gasteiger partial charge is 0.407 e. The van der Waals surface area contributed by atoms with Crippen molar-refractivity contribution in [2.45, 2.75) is 65.1 Å². The molecule has 0 bridgehead atoms. The number of rotatable bonds is 5. The summed E-state index contributed by atoms with van der Waals surface area (Å²) in [4.78, 5) is 27.1. The number of hydrogen-bond acceptors (Lipinski definition) is 5. The van der Waals surface area contributed by atoms with Crippen LogP contribution in [0.2, 0.25) is 0 Å². The molecule has 1 fully saturated rings. The zero-order chi connectivity index (χ0) is 22.6. The number of aromatic amines is 1. The third-order valence-corrected chi connectivity index (χ3v) is 5.50. The highest BCUT2D eigenvalue weighted by atomic mass is 32.1. The van der Waals surface area contributed by atoms with Crippen molar-refractivity contribution in [2.24, 2.45) is 0 Å². The molecule has 1 aliphatic rings. The number of amides is 2. The maximum Gasteiger partial charge on any atom is 0.407 e. The molecule has 31 heavy (non-hydrogen) atoms. The van der Waals surface area contributed by atoms with Crippen LogP contribution in [0.1, 0.15) is 45.6 Å². The monoisotopic (exact) mass is 445 g/mol. The summed E-state index contributed by atoms with van der Waals surface area (Å²) in [6.45, 7) is 8.61. The Morgan fingerprint density at radius 3 is 2.65 bits per heavy atom. The van der Waals surface area contributed by atoms with E-state index in [1.54, 1.807) is 4.57 Å². The lowest BCUT2D eigenvalue weighted by Gasteiger charge is -2.36. The van der Waals surface area contributed by atoms with Crippen molar-refractivity contribution in [3.63, 3.8) is 0 Å². The van der Waals surface area contributed by atoms with Crippen molar-refractivity contribution in [2.75, 3.05) is 13.1 Å². The minimum absolute atomic E-state index is 0.0402. The number of nitrogens with one attached hydrogen (secondary N) is 2. The van der Waals surface area contributed by atoms with Crippen molar-refractivity contribution < 1.29 is 14.3 Å². The number of nitrogens with zero attached hydrogens (tertiary/aromatic N) is 3. The SMILES string of the molecule is Cc1ccc(-c2n[nH]c(=S)n2CC(=O)N2CCCCC2CNC(=O)OC(C)(C)C)cc1. The maximum atomic E-state index is 13.2. The zero-order valence-corrected chi connectivity index (χ0v) is 19.4. The molecule has 3 rings (SSSR count). The fraction of sp³-hybridized carbons (Fsp3) is 0.545. The van der Waals surface area contributed by atoms with E-state index in [1.807, 2.05) is 56.9 Å². The molecule has 168 valence electrons. The van der Waals surface area contributed by atoms with Gasteiger partial charge < -0.3 is 15.0 Å². The van der Waals surface area contributed by atoms with E-state index in [-0.39, 0.29) is 18.5 Å². The van der Waals surface area contributed by atoms with Crippen LogP contribution in [0.5, 0.6) is 0 Å². The Morgan fingerprint density at radius 2 is 1.97 bits per heavy atom. The third-order valence-electron chi connectivity index (χ3n) is 5.19. The number of aryl methyl sites for hydroxylation is 1. The molecule has 9 heteroatoms. The molecule has 2 aromatic rings. The van der Waals surface area contributed by atoms with Crippen LogP contribution in [0.3, 0.4) is 0 Å². The molecule has 0 spiro atoms.